The molecule has 5 nitrogen and oxygen atoms in total. The summed E-state index contributed by atoms with van der Waals surface area (Å²) in [5.74, 6) is 6.55. The summed E-state index contributed by atoms with van der Waals surface area (Å²) >= 11 is 0. The molecule has 1 saturated heterocycles. The lowest BCUT2D eigenvalue weighted by atomic mass is 9.94. The Bertz CT molecular complexity index is 431. The fraction of sp³-hybridized carbons (Fsp3) is 0.571. The van der Waals surface area contributed by atoms with Gasteiger partial charge in [0.05, 0.1) is 33.0 Å². The van der Waals surface area contributed by atoms with Crippen LogP contribution in [0.4, 0.5) is 0 Å². The van der Waals surface area contributed by atoms with E-state index in [-0.39, 0.29) is 12.1 Å². The Morgan fingerprint density at radius 1 is 1.37 bits per heavy atom. The summed E-state index contributed by atoms with van der Waals surface area (Å²) in [6.07, 6.45) is -0.103. The third-order valence-electron chi connectivity index (χ3n) is 3.42. The lowest BCUT2D eigenvalue weighted by Crippen LogP contribution is -2.43. The number of hydrogen-bond donors (Lipinski definition) is 2. The molecule has 1 aromatic rings. The van der Waals surface area contributed by atoms with Crippen molar-refractivity contribution in [3.05, 3.63) is 28.8 Å². The number of hydrazine groups is 1. The summed E-state index contributed by atoms with van der Waals surface area (Å²) in [6, 6.07) is 3.98. The Labute approximate surface area is 114 Å². The van der Waals surface area contributed by atoms with Gasteiger partial charge in [-0.25, -0.2) is 0 Å². The Kier molecular flexibility index (Phi) is 4.76. The van der Waals surface area contributed by atoms with Crippen molar-refractivity contribution in [2.75, 3.05) is 26.9 Å². The van der Waals surface area contributed by atoms with E-state index < -0.39 is 0 Å². The van der Waals surface area contributed by atoms with Crippen molar-refractivity contribution in [1.29, 1.82) is 0 Å². The molecule has 1 heterocycles. The monoisotopic (exact) mass is 266 g/mol. The van der Waals surface area contributed by atoms with Gasteiger partial charge < -0.3 is 14.2 Å². The first-order valence-corrected chi connectivity index (χ1v) is 6.48. The third kappa shape index (κ3) is 3.06. The van der Waals surface area contributed by atoms with Gasteiger partial charge in [-0.2, -0.15) is 0 Å². The Morgan fingerprint density at radius 3 is 2.74 bits per heavy atom. The van der Waals surface area contributed by atoms with E-state index in [1.165, 1.54) is 0 Å². The molecule has 19 heavy (non-hydrogen) atoms. The van der Waals surface area contributed by atoms with Crippen LogP contribution in [0.25, 0.3) is 0 Å². The molecule has 0 bridgehead atoms. The molecule has 0 saturated carbocycles. The van der Waals surface area contributed by atoms with E-state index in [1.807, 2.05) is 13.0 Å². The van der Waals surface area contributed by atoms with Gasteiger partial charge in [0.15, 0.2) is 0 Å². The maximum atomic E-state index is 5.75. The van der Waals surface area contributed by atoms with Crippen LogP contribution in [-0.2, 0) is 9.47 Å². The molecule has 2 rings (SSSR count). The normalized spacial score (nSPS) is 21.2. The van der Waals surface area contributed by atoms with E-state index in [4.69, 9.17) is 20.1 Å². The van der Waals surface area contributed by atoms with Crippen molar-refractivity contribution >= 4 is 0 Å². The molecular formula is C14H22N2O3. The second kappa shape index (κ2) is 6.34. The quantitative estimate of drug-likeness (QED) is 0.634. The second-order valence-electron chi connectivity index (χ2n) is 4.83. The van der Waals surface area contributed by atoms with Gasteiger partial charge >= 0.3 is 0 Å². The minimum absolute atomic E-state index is 0.103. The molecule has 2 atom stereocenters. The second-order valence-corrected chi connectivity index (χ2v) is 4.83. The lowest BCUT2D eigenvalue weighted by Gasteiger charge is -2.32. The molecule has 1 fully saturated rings. The number of benzene rings is 1. The first-order chi connectivity index (χ1) is 9.17. The van der Waals surface area contributed by atoms with Gasteiger partial charge in [0, 0.05) is 5.56 Å². The maximum absolute atomic E-state index is 5.75. The zero-order valence-corrected chi connectivity index (χ0v) is 11.7. The molecule has 0 amide bonds. The van der Waals surface area contributed by atoms with Crippen LogP contribution in [0, 0.1) is 13.8 Å². The van der Waals surface area contributed by atoms with Crippen LogP contribution >= 0.6 is 0 Å². The van der Waals surface area contributed by atoms with Gasteiger partial charge in [0.1, 0.15) is 11.9 Å². The van der Waals surface area contributed by atoms with Crippen LogP contribution in [0.1, 0.15) is 22.7 Å². The first-order valence-electron chi connectivity index (χ1n) is 6.48. The Balaban J connectivity index is 2.36. The van der Waals surface area contributed by atoms with Gasteiger partial charge in [0.2, 0.25) is 0 Å². The molecule has 0 radical (unpaired) electrons. The van der Waals surface area contributed by atoms with Crippen molar-refractivity contribution in [2.45, 2.75) is 26.0 Å². The molecule has 2 unspecified atom stereocenters. The summed E-state index contributed by atoms with van der Waals surface area (Å²) in [5, 5.41) is 0. The molecule has 5 heteroatoms. The topological polar surface area (TPSA) is 65.7 Å². The summed E-state index contributed by atoms with van der Waals surface area (Å²) < 4.78 is 16.7. The van der Waals surface area contributed by atoms with Crippen molar-refractivity contribution in [1.82, 2.24) is 5.43 Å². The number of ether oxygens (including phenoxy) is 3. The van der Waals surface area contributed by atoms with Gasteiger partial charge in [-0.05, 0) is 31.0 Å². The fourth-order valence-electron chi connectivity index (χ4n) is 2.58. The van der Waals surface area contributed by atoms with Crippen LogP contribution < -0.4 is 16.0 Å². The number of nitrogens with one attached hydrogen (secondary N) is 1. The van der Waals surface area contributed by atoms with Crippen LogP contribution in [0.15, 0.2) is 12.1 Å². The van der Waals surface area contributed by atoms with E-state index >= 15 is 0 Å². The van der Waals surface area contributed by atoms with Gasteiger partial charge in [-0.1, -0.05) is 6.07 Å². The molecule has 1 aliphatic heterocycles. The Morgan fingerprint density at radius 2 is 2.16 bits per heavy atom. The molecule has 1 aliphatic rings. The SMILES string of the molecule is COc1cc(C)cc(C)c1C(NN)C1COCCO1. The fourth-order valence-corrected chi connectivity index (χ4v) is 2.58. The predicted molar refractivity (Wildman–Crippen MR) is 73.1 cm³/mol. The van der Waals surface area contributed by atoms with Gasteiger partial charge in [0.25, 0.3) is 0 Å². The zero-order chi connectivity index (χ0) is 13.8. The highest BCUT2D eigenvalue weighted by Gasteiger charge is 2.29. The average molecular weight is 266 g/mol. The highest BCUT2D eigenvalue weighted by molar-refractivity contribution is 5.45. The van der Waals surface area contributed by atoms with E-state index in [9.17, 15) is 0 Å². The number of rotatable bonds is 4. The van der Waals surface area contributed by atoms with Crippen LogP contribution in [0.3, 0.4) is 0 Å². The molecule has 0 aliphatic carbocycles. The minimum atomic E-state index is -0.143. The number of hydrogen-bond acceptors (Lipinski definition) is 5. The first kappa shape index (κ1) is 14.3. The van der Waals surface area contributed by atoms with Crippen LogP contribution in [0.5, 0.6) is 5.75 Å². The van der Waals surface area contributed by atoms with Crippen molar-refractivity contribution in [2.24, 2.45) is 5.84 Å². The lowest BCUT2D eigenvalue weighted by molar-refractivity contribution is -0.102. The third-order valence-corrected chi connectivity index (χ3v) is 3.42. The maximum Gasteiger partial charge on any atom is 0.124 e. The minimum Gasteiger partial charge on any atom is -0.496 e. The van der Waals surface area contributed by atoms with E-state index in [0.717, 1.165) is 22.4 Å². The zero-order valence-electron chi connectivity index (χ0n) is 11.7. The summed E-state index contributed by atoms with van der Waals surface area (Å²) in [4.78, 5) is 0. The van der Waals surface area contributed by atoms with Crippen molar-refractivity contribution in [3.8, 4) is 5.75 Å². The smallest absolute Gasteiger partial charge is 0.124 e. The predicted octanol–water partition coefficient (Wildman–Crippen LogP) is 1.23. The van der Waals surface area contributed by atoms with Crippen molar-refractivity contribution in [3.63, 3.8) is 0 Å². The molecule has 0 spiro atoms. The van der Waals surface area contributed by atoms with Gasteiger partial charge in [-0.3, -0.25) is 11.3 Å². The molecular weight excluding hydrogens is 244 g/mol. The molecule has 1 aromatic carbocycles. The molecule has 106 valence electrons. The van der Waals surface area contributed by atoms with E-state index in [0.29, 0.717) is 19.8 Å². The number of aryl methyl sites for hydroxylation is 2. The summed E-state index contributed by atoms with van der Waals surface area (Å²) in [6.45, 7) is 5.86. The summed E-state index contributed by atoms with van der Waals surface area (Å²) in [5.41, 5.74) is 6.17. The largest absolute Gasteiger partial charge is 0.496 e. The van der Waals surface area contributed by atoms with E-state index in [1.54, 1.807) is 7.11 Å². The summed E-state index contributed by atoms with van der Waals surface area (Å²) in [7, 11) is 1.67. The highest BCUT2D eigenvalue weighted by Crippen LogP contribution is 2.33. The highest BCUT2D eigenvalue weighted by atomic mass is 16.6. The standard InChI is InChI=1S/C14H22N2O3/c1-9-6-10(2)13(11(7-9)17-3)14(16-15)12-8-18-4-5-19-12/h6-7,12,14,16H,4-5,8,15H2,1-3H3. The molecule has 0 aromatic heterocycles. The number of nitrogens with two attached hydrogens (primary N) is 1. The van der Waals surface area contributed by atoms with Crippen molar-refractivity contribution < 1.29 is 14.2 Å². The molecule has 3 N–H and O–H groups in total. The number of methoxy groups -OCH3 is 1. The van der Waals surface area contributed by atoms with Crippen LogP contribution in [0.2, 0.25) is 0 Å². The Hall–Kier alpha value is -1.14. The van der Waals surface area contributed by atoms with Crippen LogP contribution in [-0.4, -0.2) is 33.0 Å². The average Bonchev–Trinajstić information content (AvgIpc) is 2.42. The van der Waals surface area contributed by atoms with E-state index in [2.05, 4.69) is 18.4 Å². The van der Waals surface area contributed by atoms with Gasteiger partial charge in [-0.15, -0.1) is 0 Å².